The molecule has 0 saturated carbocycles. The van der Waals surface area contributed by atoms with Gasteiger partial charge in [-0.15, -0.1) is 0 Å². The van der Waals surface area contributed by atoms with Crippen LogP contribution in [0.1, 0.15) is 23.1 Å². The van der Waals surface area contributed by atoms with Crippen molar-refractivity contribution in [3.8, 4) is 6.07 Å². The summed E-state index contributed by atoms with van der Waals surface area (Å²) in [6.07, 6.45) is 6.06. The highest BCUT2D eigenvalue weighted by atomic mass is 16.3. The molecular weight excluding hydrogens is 210 g/mol. The average molecular weight is 223 g/mol. The fourth-order valence-electron chi connectivity index (χ4n) is 2.77. The maximum absolute atomic E-state index is 9.58. The molecule has 0 radical (unpaired) electrons. The first-order chi connectivity index (χ1) is 8.34. The van der Waals surface area contributed by atoms with Crippen molar-refractivity contribution in [2.75, 3.05) is 0 Å². The number of nitriles is 1. The molecule has 2 nitrogen and oxygen atoms in total. The van der Waals surface area contributed by atoms with E-state index in [0.29, 0.717) is 0 Å². The number of aryl methyl sites for hydroxylation is 1. The Hall–Kier alpha value is -2.01. The summed E-state index contributed by atoms with van der Waals surface area (Å²) >= 11 is 0. The molecule has 84 valence electrons. The number of furan rings is 1. The highest BCUT2D eigenvalue weighted by molar-refractivity contribution is 5.45. The summed E-state index contributed by atoms with van der Waals surface area (Å²) in [5.41, 5.74) is 3.25. The highest BCUT2D eigenvalue weighted by Crippen LogP contribution is 2.40. The van der Waals surface area contributed by atoms with E-state index in [0.717, 1.165) is 24.8 Å². The number of benzene rings is 1. The minimum atomic E-state index is -0.361. The molecule has 1 aromatic heterocycles. The number of nitrogens with zero attached hydrogens (tertiary/aromatic N) is 1. The van der Waals surface area contributed by atoms with Gasteiger partial charge in [0, 0.05) is 0 Å². The Balaban J connectivity index is 2.03. The van der Waals surface area contributed by atoms with Crippen LogP contribution in [0.2, 0.25) is 0 Å². The summed E-state index contributed by atoms with van der Waals surface area (Å²) in [5.74, 6) is 0. The van der Waals surface area contributed by atoms with Gasteiger partial charge in [0.15, 0.2) is 0 Å². The van der Waals surface area contributed by atoms with Gasteiger partial charge in [0.05, 0.1) is 24.0 Å². The van der Waals surface area contributed by atoms with Gasteiger partial charge < -0.3 is 4.42 Å². The Labute approximate surface area is 100 Å². The molecule has 1 heterocycles. The first-order valence-corrected chi connectivity index (χ1v) is 5.85. The first kappa shape index (κ1) is 10.2. The van der Waals surface area contributed by atoms with E-state index in [2.05, 4.69) is 18.2 Å². The van der Waals surface area contributed by atoms with Gasteiger partial charge in [-0.25, -0.2) is 0 Å². The van der Waals surface area contributed by atoms with Crippen LogP contribution in [-0.4, -0.2) is 0 Å². The van der Waals surface area contributed by atoms with E-state index in [1.165, 1.54) is 11.1 Å². The van der Waals surface area contributed by atoms with E-state index in [-0.39, 0.29) is 5.41 Å². The lowest BCUT2D eigenvalue weighted by Gasteiger charge is -2.21. The second-order valence-corrected chi connectivity index (χ2v) is 4.66. The summed E-state index contributed by atoms with van der Waals surface area (Å²) in [5, 5.41) is 9.58. The van der Waals surface area contributed by atoms with Gasteiger partial charge in [-0.3, -0.25) is 0 Å². The monoisotopic (exact) mass is 223 g/mol. The average Bonchev–Trinajstić information content (AvgIpc) is 2.99. The number of hydrogen-bond donors (Lipinski definition) is 0. The molecule has 0 aliphatic heterocycles. The fraction of sp³-hybridized carbons (Fsp3) is 0.267. The standard InChI is InChI=1S/C15H13NO/c16-11-15(9-12-6-8-17-10-12)7-5-13-3-1-2-4-14(13)15/h1-4,6,8,10H,5,7,9H2. The van der Waals surface area contributed by atoms with Crippen LogP contribution in [0, 0.1) is 11.3 Å². The lowest BCUT2D eigenvalue weighted by atomic mass is 9.78. The summed E-state index contributed by atoms with van der Waals surface area (Å²) in [6.45, 7) is 0. The Bertz CT molecular complexity index is 565. The number of rotatable bonds is 2. The SMILES string of the molecule is N#CC1(Cc2ccoc2)CCc2ccccc21. The molecule has 0 saturated heterocycles. The Morgan fingerprint density at radius 1 is 1.29 bits per heavy atom. The number of fused-ring (bicyclic) bond motifs is 1. The van der Waals surface area contributed by atoms with Crippen LogP contribution in [-0.2, 0) is 18.3 Å². The van der Waals surface area contributed by atoms with E-state index in [4.69, 9.17) is 4.42 Å². The second-order valence-electron chi connectivity index (χ2n) is 4.66. The summed E-state index contributed by atoms with van der Waals surface area (Å²) < 4.78 is 5.09. The van der Waals surface area contributed by atoms with Crippen molar-refractivity contribution in [3.05, 3.63) is 59.5 Å². The Morgan fingerprint density at radius 2 is 2.18 bits per heavy atom. The van der Waals surface area contributed by atoms with Crippen LogP contribution in [0.3, 0.4) is 0 Å². The predicted molar refractivity (Wildman–Crippen MR) is 64.5 cm³/mol. The maximum Gasteiger partial charge on any atom is 0.0935 e. The fourth-order valence-corrected chi connectivity index (χ4v) is 2.77. The molecule has 1 aliphatic rings. The molecule has 1 aromatic carbocycles. The second kappa shape index (κ2) is 3.78. The molecule has 17 heavy (non-hydrogen) atoms. The molecule has 3 rings (SSSR count). The van der Waals surface area contributed by atoms with Crippen LogP contribution in [0.4, 0.5) is 0 Å². The van der Waals surface area contributed by atoms with Crippen molar-refractivity contribution in [2.45, 2.75) is 24.7 Å². The van der Waals surface area contributed by atoms with E-state index < -0.39 is 0 Å². The van der Waals surface area contributed by atoms with Gasteiger partial charge in [-0.1, -0.05) is 24.3 Å². The van der Waals surface area contributed by atoms with Gasteiger partial charge in [-0.2, -0.15) is 5.26 Å². The van der Waals surface area contributed by atoms with E-state index in [9.17, 15) is 5.26 Å². The minimum absolute atomic E-state index is 0.361. The van der Waals surface area contributed by atoms with Crippen molar-refractivity contribution in [1.29, 1.82) is 5.26 Å². The molecule has 1 aliphatic carbocycles. The molecule has 0 N–H and O–H groups in total. The van der Waals surface area contributed by atoms with Gasteiger partial charge in [0.25, 0.3) is 0 Å². The van der Waals surface area contributed by atoms with E-state index in [1.54, 1.807) is 12.5 Å². The Morgan fingerprint density at radius 3 is 2.94 bits per heavy atom. The van der Waals surface area contributed by atoms with E-state index in [1.807, 2.05) is 18.2 Å². The number of hydrogen-bond acceptors (Lipinski definition) is 2. The zero-order valence-electron chi connectivity index (χ0n) is 9.52. The molecule has 0 spiro atoms. The third-order valence-electron chi connectivity index (χ3n) is 3.65. The topological polar surface area (TPSA) is 36.9 Å². The first-order valence-electron chi connectivity index (χ1n) is 5.85. The van der Waals surface area contributed by atoms with Crippen LogP contribution >= 0.6 is 0 Å². The van der Waals surface area contributed by atoms with Gasteiger partial charge in [0.2, 0.25) is 0 Å². The zero-order chi connectivity index (χ0) is 11.7. The lowest BCUT2D eigenvalue weighted by molar-refractivity contribution is 0.526. The van der Waals surface area contributed by atoms with Crippen molar-refractivity contribution in [2.24, 2.45) is 0 Å². The van der Waals surface area contributed by atoms with Crippen molar-refractivity contribution in [1.82, 2.24) is 0 Å². The lowest BCUT2D eigenvalue weighted by Crippen LogP contribution is -2.23. The van der Waals surface area contributed by atoms with E-state index >= 15 is 0 Å². The Kier molecular flexibility index (Phi) is 2.26. The van der Waals surface area contributed by atoms with Crippen LogP contribution in [0.25, 0.3) is 0 Å². The largest absolute Gasteiger partial charge is 0.472 e. The molecule has 0 amide bonds. The van der Waals surface area contributed by atoms with Gasteiger partial charge in [0.1, 0.15) is 0 Å². The molecule has 0 fully saturated rings. The smallest absolute Gasteiger partial charge is 0.0935 e. The predicted octanol–water partition coefficient (Wildman–Crippen LogP) is 3.23. The minimum Gasteiger partial charge on any atom is -0.472 e. The quantitative estimate of drug-likeness (QED) is 0.783. The molecule has 0 bridgehead atoms. The van der Waals surface area contributed by atoms with Gasteiger partial charge in [-0.05, 0) is 42.0 Å². The third-order valence-corrected chi connectivity index (χ3v) is 3.65. The van der Waals surface area contributed by atoms with Gasteiger partial charge >= 0.3 is 0 Å². The molecule has 1 unspecified atom stereocenters. The van der Waals surface area contributed by atoms with Crippen LogP contribution < -0.4 is 0 Å². The zero-order valence-corrected chi connectivity index (χ0v) is 9.52. The third kappa shape index (κ3) is 1.55. The molecule has 2 heteroatoms. The molecule has 2 aromatic rings. The molecule has 1 atom stereocenters. The van der Waals surface area contributed by atoms with Crippen molar-refractivity contribution >= 4 is 0 Å². The highest BCUT2D eigenvalue weighted by Gasteiger charge is 2.38. The summed E-state index contributed by atoms with van der Waals surface area (Å²) in [4.78, 5) is 0. The normalized spacial score (nSPS) is 22.1. The van der Waals surface area contributed by atoms with Crippen LogP contribution in [0.5, 0.6) is 0 Å². The van der Waals surface area contributed by atoms with Crippen molar-refractivity contribution < 1.29 is 4.42 Å². The maximum atomic E-state index is 9.58. The van der Waals surface area contributed by atoms with Crippen molar-refractivity contribution in [3.63, 3.8) is 0 Å². The summed E-state index contributed by atoms with van der Waals surface area (Å²) in [7, 11) is 0. The van der Waals surface area contributed by atoms with Crippen LogP contribution in [0.15, 0.2) is 47.3 Å². The summed E-state index contributed by atoms with van der Waals surface area (Å²) in [6, 6.07) is 12.8. The molecular formula is C15H13NO.